The first kappa shape index (κ1) is 8.40. The van der Waals surface area contributed by atoms with Gasteiger partial charge in [0.2, 0.25) is 0 Å². The summed E-state index contributed by atoms with van der Waals surface area (Å²) in [7, 11) is 0. The van der Waals surface area contributed by atoms with Crippen LogP contribution in [0.25, 0.3) is 11.1 Å². The van der Waals surface area contributed by atoms with E-state index in [1.54, 1.807) is 0 Å². The van der Waals surface area contributed by atoms with Gasteiger partial charge in [0.15, 0.2) is 0 Å². The average molecular weight is 207 g/mol. The molecule has 1 nitrogen and oxygen atoms in total. The molecule has 1 heteroatoms. The molecule has 0 spiro atoms. The van der Waals surface area contributed by atoms with Crippen LogP contribution in [0.1, 0.15) is 11.1 Å². The van der Waals surface area contributed by atoms with Gasteiger partial charge in [-0.3, -0.25) is 0 Å². The Morgan fingerprint density at radius 1 is 0.812 bits per heavy atom. The number of nitrogens with zero attached hydrogens (tertiary/aromatic N) is 1. The molecule has 1 fully saturated rings. The van der Waals surface area contributed by atoms with Crippen molar-refractivity contribution in [2.75, 3.05) is 18.0 Å². The molecule has 78 valence electrons. The Kier molecular flexibility index (Phi) is 1.51. The highest BCUT2D eigenvalue weighted by Crippen LogP contribution is 2.42. The highest BCUT2D eigenvalue weighted by Gasteiger charge is 2.26. The van der Waals surface area contributed by atoms with Gasteiger partial charge in [-0.2, -0.15) is 0 Å². The minimum Gasteiger partial charge on any atom is -0.368 e. The molecule has 0 saturated carbocycles. The third kappa shape index (κ3) is 1.06. The molecule has 0 N–H and O–H groups in total. The van der Waals surface area contributed by atoms with Gasteiger partial charge in [-0.15, -0.1) is 0 Å². The molecule has 1 saturated heterocycles. The Morgan fingerprint density at radius 3 is 2.50 bits per heavy atom. The van der Waals surface area contributed by atoms with Crippen molar-refractivity contribution < 1.29 is 0 Å². The summed E-state index contributed by atoms with van der Waals surface area (Å²) in [6.07, 6.45) is 1.11. The molecule has 2 aliphatic rings. The fourth-order valence-electron chi connectivity index (χ4n) is 2.73. The smallest absolute Gasteiger partial charge is 0.0409 e. The van der Waals surface area contributed by atoms with Gasteiger partial charge in [0.25, 0.3) is 0 Å². The molecule has 1 aliphatic carbocycles. The van der Waals surface area contributed by atoms with E-state index in [-0.39, 0.29) is 0 Å². The van der Waals surface area contributed by atoms with Crippen molar-refractivity contribution in [3.63, 3.8) is 0 Å². The fraction of sp³-hybridized carbons (Fsp3) is 0.200. The van der Waals surface area contributed by atoms with E-state index in [1.165, 1.54) is 41.0 Å². The van der Waals surface area contributed by atoms with Crippen LogP contribution in [0.15, 0.2) is 42.5 Å². The lowest BCUT2D eigenvalue weighted by Crippen LogP contribution is -1.95. The molecular weight excluding hydrogens is 194 g/mol. The number of benzene rings is 2. The quantitative estimate of drug-likeness (QED) is 0.554. The van der Waals surface area contributed by atoms with Crippen molar-refractivity contribution in [3.8, 4) is 11.1 Å². The molecule has 2 aromatic rings. The zero-order valence-electron chi connectivity index (χ0n) is 9.11. The molecular formula is C15H13N. The Bertz CT molecular complexity index is 567. The van der Waals surface area contributed by atoms with Gasteiger partial charge in [-0.05, 0) is 28.3 Å². The molecule has 0 atom stereocenters. The maximum atomic E-state index is 2.45. The van der Waals surface area contributed by atoms with E-state index in [4.69, 9.17) is 0 Å². The summed E-state index contributed by atoms with van der Waals surface area (Å²) in [6.45, 7) is 2.46. The van der Waals surface area contributed by atoms with Gasteiger partial charge in [-0.1, -0.05) is 36.4 Å². The topological polar surface area (TPSA) is 3.01 Å². The molecule has 16 heavy (non-hydrogen) atoms. The molecule has 0 amide bonds. The van der Waals surface area contributed by atoms with Crippen LogP contribution in [0.5, 0.6) is 0 Å². The summed E-state index contributed by atoms with van der Waals surface area (Å²) < 4.78 is 0. The van der Waals surface area contributed by atoms with Crippen LogP contribution in [-0.2, 0) is 6.42 Å². The SMILES string of the molecule is c1ccc2c(c1)Cc1c-2cccc1N1CC1. The van der Waals surface area contributed by atoms with E-state index in [0.29, 0.717) is 0 Å². The third-order valence-corrected chi connectivity index (χ3v) is 3.61. The zero-order chi connectivity index (χ0) is 10.5. The first-order chi connectivity index (χ1) is 7.93. The molecule has 0 unspecified atom stereocenters. The van der Waals surface area contributed by atoms with Crippen molar-refractivity contribution in [1.29, 1.82) is 0 Å². The molecule has 4 rings (SSSR count). The molecule has 0 aromatic heterocycles. The lowest BCUT2D eigenvalue weighted by atomic mass is 10.1. The van der Waals surface area contributed by atoms with Crippen molar-refractivity contribution in [2.45, 2.75) is 6.42 Å². The number of fused-ring (bicyclic) bond motifs is 3. The van der Waals surface area contributed by atoms with E-state index < -0.39 is 0 Å². The van der Waals surface area contributed by atoms with Crippen LogP contribution in [0.2, 0.25) is 0 Å². The minimum absolute atomic E-state index is 1.11. The number of hydrogen-bond donors (Lipinski definition) is 0. The highest BCUT2D eigenvalue weighted by molar-refractivity contribution is 5.82. The van der Waals surface area contributed by atoms with E-state index in [0.717, 1.165) is 6.42 Å². The maximum Gasteiger partial charge on any atom is 0.0409 e. The fourth-order valence-corrected chi connectivity index (χ4v) is 2.73. The van der Waals surface area contributed by atoms with Gasteiger partial charge in [0.05, 0.1) is 0 Å². The largest absolute Gasteiger partial charge is 0.368 e. The summed E-state index contributed by atoms with van der Waals surface area (Å²) in [5, 5.41) is 0. The highest BCUT2D eigenvalue weighted by atomic mass is 15.3. The second-order valence-electron chi connectivity index (χ2n) is 4.62. The lowest BCUT2D eigenvalue weighted by molar-refractivity contribution is 1.23. The van der Waals surface area contributed by atoms with Crippen LogP contribution in [0.3, 0.4) is 0 Å². The molecule has 0 radical (unpaired) electrons. The first-order valence-electron chi connectivity index (χ1n) is 5.88. The Balaban J connectivity index is 1.96. The van der Waals surface area contributed by atoms with Crippen molar-refractivity contribution in [3.05, 3.63) is 53.6 Å². The van der Waals surface area contributed by atoms with E-state index in [1.807, 2.05) is 0 Å². The molecule has 1 aliphatic heterocycles. The number of rotatable bonds is 1. The van der Waals surface area contributed by atoms with Crippen LogP contribution in [0.4, 0.5) is 5.69 Å². The summed E-state index contributed by atoms with van der Waals surface area (Å²) in [4.78, 5) is 2.45. The zero-order valence-corrected chi connectivity index (χ0v) is 9.11. The Hall–Kier alpha value is -1.76. The van der Waals surface area contributed by atoms with Gasteiger partial charge >= 0.3 is 0 Å². The monoisotopic (exact) mass is 207 g/mol. The number of hydrogen-bond acceptors (Lipinski definition) is 1. The average Bonchev–Trinajstić information content (AvgIpc) is 3.09. The van der Waals surface area contributed by atoms with E-state index in [2.05, 4.69) is 47.4 Å². The lowest BCUT2D eigenvalue weighted by Gasteiger charge is -2.09. The van der Waals surface area contributed by atoms with Gasteiger partial charge < -0.3 is 4.90 Å². The second kappa shape index (κ2) is 2.88. The van der Waals surface area contributed by atoms with Crippen LogP contribution in [0, 0.1) is 0 Å². The van der Waals surface area contributed by atoms with Crippen LogP contribution >= 0.6 is 0 Å². The summed E-state index contributed by atoms with van der Waals surface area (Å²) >= 11 is 0. The van der Waals surface area contributed by atoms with Crippen molar-refractivity contribution >= 4 is 5.69 Å². The Morgan fingerprint density at radius 2 is 1.62 bits per heavy atom. The Labute approximate surface area is 95.3 Å². The standard InChI is InChI=1S/C15H13N/c1-2-5-12-11(4-1)10-14-13(12)6-3-7-15(14)16-8-9-16/h1-7H,8-10H2. The summed E-state index contributed by atoms with van der Waals surface area (Å²) in [6, 6.07) is 15.5. The van der Waals surface area contributed by atoms with Gasteiger partial charge in [0.1, 0.15) is 0 Å². The van der Waals surface area contributed by atoms with Gasteiger partial charge in [0, 0.05) is 25.2 Å². The van der Waals surface area contributed by atoms with Gasteiger partial charge in [-0.25, -0.2) is 0 Å². The van der Waals surface area contributed by atoms with Crippen molar-refractivity contribution in [2.24, 2.45) is 0 Å². The third-order valence-electron chi connectivity index (χ3n) is 3.61. The number of anilines is 1. The van der Waals surface area contributed by atoms with E-state index in [9.17, 15) is 0 Å². The molecule has 1 heterocycles. The first-order valence-corrected chi connectivity index (χ1v) is 5.88. The minimum atomic E-state index is 1.11. The molecule has 2 aromatic carbocycles. The summed E-state index contributed by atoms with van der Waals surface area (Å²) in [5.74, 6) is 0. The van der Waals surface area contributed by atoms with E-state index >= 15 is 0 Å². The predicted molar refractivity (Wildman–Crippen MR) is 66.9 cm³/mol. The predicted octanol–water partition coefficient (Wildman–Crippen LogP) is 3.08. The summed E-state index contributed by atoms with van der Waals surface area (Å²) in [5.41, 5.74) is 7.34. The normalized spacial score (nSPS) is 15.9. The van der Waals surface area contributed by atoms with Crippen LogP contribution in [-0.4, -0.2) is 13.1 Å². The second-order valence-corrected chi connectivity index (χ2v) is 4.62. The molecule has 0 bridgehead atoms. The van der Waals surface area contributed by atoms with Crippen LogP contribution < -0.4 is 4.90 Å². The van der Waals surface area contributed by atoms with Crippen molar-refractivity contribution in [1.82, 2.24) is 0 Å². The maximum absolute atomic E-state index is 2.45.